The van der Waals surface area contributed by atoms with Gasteiger partial charge in [0.1, 0.15) is 0 Å². The third-order valence-corrected chi connectivity index (χ3v) is 3.00. The van der Waals surface area contributed by atoms with E-state index in [0.29, 0.717) is 19.6 Å². The molecule has 96 valence electrons. The lowest BCUT2D eigenvalue weighted by molar-refractivity contribution is -0.144. The smallest absolute Gasteiger partial charge is 0.307 e. The highest BCUT2D eigenvalue weighted by Gasteiger charge is 2.05. The summed E-state index contributed by atoms with van der Waals surface area (Å²) < 4.78 is 7.23. The highest BCUT2D eigenvalue weighted by Crippen LogP contribution is 2.15. The molecule has 1 aromatic heterocycles. The van der Waals surface area contributed by atoms with Gasteiger partial charge in [0.15, 0.2) is 0 Å². The molecular formula is C15H19NO2. The van der Waals surface area contributed by atoms with Crippen molar-refractivity contribution < 1.29 is 9.53 Å². The Balaban J connectivity index is 1.88. The van der Waals surface area contributed by atoms with Gasteiger partial charge >= 0.3 is 5.97 Å². The van der Waals surface area contributed by atoms with E-state index < -0.39 is 0 Å². The Kier molecular flexibility index (Phi) is 4.40. The average molecular weight is 245 g/mol. The molecule has 18 heavy (non-hydrogen) atoms. The molecular weight excluding hydrogens is 226 g/mol. The molecule has 0 bridgehead atoms. The van der Waals surface area contributed by atoms with Crippen LogP contribution >= 0.6 is 0 Å². The van der Waals surface area contributed by atoms with E-state index in [-0.39, 0.29) is 5.97 Å². The normalized spacial score (nSPS) is 10.7. The zero-order valence-corrected chi connectivity index (χ0v) is 10.8. The van der Waals surface area contributed by atoms with Crippen molar-refractivity contribution in [1.82, 2.24) is 4.57 Å². The van der Waals surface area contributed by atoms with E-state index in [1.54, 1.807) is 0 Å². The molecule has 0 saturated carbocycles. The molecule has 0 N–H and O–H groups in total. The monoisotopic (exact) mass is 245 g/mol. The topological polar surface area (TPSA) is 31.2 Å². The Morgan fingerprint density at radius 1 is 1.28 bits per heavy atom. The summed E-state index contributed by atoms with van der Waals surface area (Å²) in [7, 11) is 0. The fourth-order valence-electron chi connectivity index (χ4n) is 1.95. The summed E-state index contributed by atoms with van der Waals surface area (Å²) >= 11 is 0. The van der Waals surface area contributed by atoms with Gasteiger partial charge < -0.3 is 9.30 Å². The summed E-state index contributed by atoms with van der Waals surface area (Å²) in [5.41, 5.74) is 1.17. The van der Waals surface area contributed by atoms with E-state index in [9.17, 15) is 4.79 Å². The second-order valence-corrected chi connectivity index (χ2v) is 4.39. The van der Waals surface area contributed by atoms with Crippen LogP contribution in [-0.4, -0.2) is 17.1 Å². The van der Waals surface area contributed by atoms with Gasteiger partial charge in [-0.25, -0.2) is 0 Å². The Hall–Kier alpha value is -1.77. The van der Waals surface area contributed by atoms with E-state index >= 15 is 0 Å². The molecule has 0 saturated heterocycles. The highest BCUT2D eigenvalue weighted by atomic mass is 16.5. The number of rotatable bonds is 6. The number of hydrogen-bond donors (Lipinski definition) is 0. The summed E-state index contributed by atoms with van der Waals surface area (Å²) in [6.45, 7) is 3.31. The standard InChI is InChI=1S/C15H19NO2/c1-2-3-12-18-15(17)9-11-16-10-8-13-6-4-5-7-14(13)16/h4-8,10H,2-3,9,11-12H2,1H3. The van der Waals surface area contributed by atoms with Crippen LogP contribution in [0.2, 0.25) is 0 Å². The molecule has 2 aromatic rings. The maximum absolute atomic E-state index is 11.5. The number of fused-ring (bicyclic) bond motifs is 1. The maximum atomic E-state index is 11.5. The lowest BCUT2D eigenvalue weighted by Crippen LogP contribution is -2.09. The molecule has 0 aliphatic heterocycles. The first kappa shape index (κ1) is 12.7. The van der Waals surface area contributed by atoms with Gasteiger partial charge in [-0.3, -0.25) is 4.79 Å². The molecule has 3 heteroatoms. The lowest BCUT2D eigenvalue weighted by atomic mass is 10.2. The molecule has 0 amide bonds. The van der Waals surface area contributed by atoms with E-state index in [0.717, 1.165) is 12.8 Å². The molecule has 0 atom stereocenters. The summed E-state index contributed by atoms with van der Waals surface area (Å²) in [6, 6.07) is 10.2. The zero-order chi connectivity index (χ0) is 12.8. The zero-order valence-electron chi connectivity index (χ0n) is 10.8. The van der Waals surface area contributed by atoms with Crippen molar-refractivity contribution in [3.63, 3.8) is 0 Å². The van der Waals surface area contributed by atoms with Crippen LogP contribution in [0.1, 0.15) is 26.2 Å². The maximum Gasteiger partial charge on any atom is 0.307 e. The van der Waals surface area contributed by atoms with Crippen LogP contribution in [0.5, 0.6) is 0 Å². The molecule has 2 rings (SSSR count). The number of hydrogen-bond acceptors (Lipinski definition) is 2. The van der Waals surface area contributed by atoms with Crippen molar-refractivity contribution in [1.29, 1.82) is 0 Å². The number of carbonyl (C=O) groups is 1. The third kappa shape index (κ3) is 3.13. The molecule has 3 nitrogen and oxygen atoms in total. The Morgan fingerprint density at radius 3 is 2.94 bits per heavy atom. The van der Waals surface area contributed by atoms with Crippen molar-refractivity contribution in [3.8, 4) is 0 Å². The largest absolute Gasteiger partial charge is 0.466 e. The second-order valence-electron chi connectivity index (χ2n) is 4.39. The van der Waals surface area contributed by atoms with Crippen LogP contribution in [0, 0.1) is 0 Å². The van der Waals surface area contributed by atoms with E-state index in [4.69, 9.17) is 4.74 Å². The van der Waals surface area contributed by atoms with Crippen molar-refractivity contribution in [3.05, 3.63) is 36.5 Å². The molecule has 0 spiro atoms. The minimum Gasteiger partial charge on any atom is -0.466 e. The van der Waals surface area contributed by atoms with Gasteiger partial charge in [0.25, 0.3) is 0 Å². The Morgan fingerprint density at radius 2 is 2.11 bits per heavy atom. The minimum absolute atomic E-state index is 0.110. The lowest BCUT2D eigenvalue weighted by Gasteiger charge is -2.06. The average Bonchev–Trinajstić information content (AvgIpc) is 2.80. The first-order chi connectivity index (χ1) is 8.81. The van der Waals surface area contributed by atoms with Crippen LogP contribution in [0.3, 0.4) is 0 Å². The van der Waals surface area contributed by atoms with Gasteiger partial charge in [-0.1, -0.05) is 31.5 Å². The van der Waals surface area contributed by atoms with Crippen LogP contribution in [0.15, 0.2) is 36.5 Å². The number of esters is 1. The van der Waals surface area contributed by atoms with Gasteiger partial charge in [0, 0.05) is 18.3 Å². The van der Waals surface area contributed by atoms with E-state index in [2.05, 4.69) is 29.7 Å². The summed E-state index contributed by atoms with van der Waals surface area (Å²) in [5.74, 6) is -0.110. The van der Waals surface area contributed by atoms with Crippen LogP contribution < -0.4 is 0 Å². The van der Waals surface area contributed by atoms with E-state index in [1.807, 2.05) is 18.3 Å². The number of unbranched alkanes of at least 4 members (excludes halogenated alkanes) is 1. The van der Waals surface area contributed by atoms with Gasteiger partial charge in [-0.15, -0.1) is 0 Å². The molecule has 0 aliphatic rings. The van der Waals surface area contributed by atoms with Crippen LogP contribution in [-0.2, 0) is 16.1 Å². The first-order valence-corrected chi connectivity index (χ1v) is 6.50. The first-order valence-electron chi connectivity index (χ1n) is 6.50. The van der Waals surface area contributed by atoms with Gasteiger partial charge in [0.05, 0.1) is 13.0 Å². The predicted molar refractivity (Wildman–Crippen MR) is 72.4 cm³/mol. The summed E-state index contributed by atoms with van der Waals surface area (Å²) in [6.07, 6.45) is 4.44. The molecule has 0 aliphatic carbocycles. The highest BCUT2D eigenvalue weighted by molar-refractivity contribution is 5.80. The summed E-state index contributed by atoms with van der Waals surface area (Å²) in [4.78, 5) is 11.5. The number of ether oxygens (including phenoxy) is 1. The van der Waals surface area contributed by atoms with Crippen molar-refractivity contribution in [2.75, 3.05) is 6.61 Å². The minimum atomic E-state index is -0.110. The molecule has 1 aromatic carbocycles. The Labute approximate surface area is 107 Å². The number of aromatic nitrogens is 1. The number of carbonyl (C=O) groups excluding carboxylic acids is 1. The molecule has 0 radical (unpaired) electrons. The van der Waals surface area contributed by atoms with Gasteiger partial charge in [-0.05, 0) is 23.9 Å². The molecule has 0 fully saturated rings. The van der Waals surface area contributed by atoms with Crippen LogP contribution in [0.25, 0.3) is 10.9 Å². The predicted octanol–water partition coefficient (Wildman–Crippen LogP) is 3.37. The fourth-order valence-corrected chi connectivity index (χ4v) is 1.95. The third-order valence-electron chi connectivity index (χ3n) is 3.00. The van der Waals surface area contributed by atoms with Crippen LogP contribution in [0.4, 0.5) is 0 Å². The van der Waals surface area contributed by atoms with Gasteiger partial charge in [-0.2, -0.15) is 0 Å². The number of para-hydroxylation sites is 1. The number of benzene rings is 1. The second kappa shape index (κ2) is 6.24. The van der Waals surface area contributed by atoms with E-state index in [1.165, 1.54) is 10.9 Å². The fraction of sp³-hybridized carbons (Fsp3) is 0.400. The quantitative estimate of drug-likeness (QED) is 0.577. The van der Waals surface area contributed by atoms with Crippen molar-refractivity contribution in [2.45, 2.75) is 32.7 Å². The van der Waals surface area contributed by atoms with Gasteiger partial charge in [0.2, 0.25) is 0 Å². The molecule has 1 heterocycles. The molecule has 0 unspecified atom stereocenters. The number of aryl methyl sites for hydroxylation is 1. The summed E-state index contributed by atoms with van der Waals surface area (Å²) in [5, 5.41) is 1.21. The number of nitrogens with zero attached hydrogens (tertiary/aromatic N) is 1. The SMILES string of the molecule is CCCCOC(=O)CCn1ccc2ccccc21. The van der Waals surface area contributed by atoms with Crippen molar-refractivity contribution in [2.24, 2.45) is 0 Å². The Bertz CT molecular complexity index is 516. The van der Waals surface area contributed by atoms with Crippen molar-refractivity contribution >= 4 is 16.9 Å².